The van der Waals surface area contributed by atoms with Crippen molar-refractivity contribution in [2.24, 2.45) is 14.1 Å². The van der Waals surface area contributed by atoms with Gasteiger partial charge in [-0.1, -0.05) is 36.4 Å². The van der Waals surface area contributed by atoms with E-state index in [1.165, 1.54) is 43.6 Å². The van der Waals surface area contributed by atoms with E-state index in [2.05, 4.69) is 174 Å². The maximum absolute atomic E-state index is 2.40. The van der Waals surface area contributed by atoms with Crippen molar-refractivity contribution in [1.82, 2.24) is 18.3 Å². The predicted octanol–water partition coefficient (Wildman–Crippen LogP) is 7.11. The number of rotatable bonds is 4. The Labute approximate surface area is 254 Å². The van der Waals surface area contributed by atoms with Gasteiger partial charge in [-0.05, 0) is 72.8 Å². The van der Waals surface area contributed by atoms with Gasteiger partial charge in [0.1, 0.15) is 36.2 Å². The SMILES string of the molecule is C[n+]1ccn(-c2ccc(-n3c4ccccc4c4cc5c(cc43)c3ccccc3n5-c3ccc(-n4cc[n+](C)c4)cc3)cc2)c1. The first-order valence-corrected chi connectivity index (χ1v) is 14.9. The summed E-state index contributed by atoms with van der Waals surface area (Å²) < 4.78 is 13.2. The number of nitrogens with zero attached hydrogens (tertiary/aromatic N) is 6. The zero-order valence-electron chi connectivity index (χ0n) is 24.5. The summed E-state index contributed by atoms with van der Waals surface area (Å²) in [6, 6.07) is 39.9. The molecule has 0 aliphatic rings. The van der Waals surface area contributed by atoms with Crippen molar-refractivity contribution in [2.75, 3.05) is 0 Å². The van der Waals surface area contributed by atoms with E-state index in [1.807, 2.05) is 14.1 Å². The van der Waals surface area contributed by atoms with Crippen LogP contribution in [0.4, 0.5) is 0 Å². The molecule has 5 aromatic carbocycles. The first-order chi connectivity index (χ1) is 21.6. The molecule has 6 nitrogen and oxygen atoms in total. The minimum atomic E-state index is 1.14. The van der Waals surface area contributed by atoms with Gasteiger partial charge in [0.15, 0.2) is 0 Å². The molecule has 6 heteroatoms. The molecule has 9 aromatic rings. The first-order valence-electron chi connectivity index (χ1n) is 14.9. The lowest BCUT2D eigenvalue weighted by Gasteiger charge is -2.10. The predicted molar refractivity (Wildman–Crippen MR) is 176 cm³/mol. The maximum Gasteiger partial charge on any atom is 0.248 e. The summed E-state index contributed by atoms with van der Waals surface area (Å²) >= 11 is 0. The van der Waals surface area contributed by atoms with E-state index in [0.717, 1.165) is 22.7 Å². The van der Waals surface area contributed by atoms with E-state index in [9.17, 15) is 0 Å². The van der Waals surface area contributed by atoms with E-state index < -0.39 is 0 Å². The summed E-state index contributed by atoms with van der Waals surface area (Å²) in [7, 11) is 4.08. The highest BCUT2D eigenvalue weighted by atomic mass is 15.1. The molecular weight excluding hydrogens is 540 g/mol. The van der Waals surface area contributed by atoms with Crippen molar-refractivity contribution < 1.29 is 9.13 Å². The van der Waals surface area contributed by atoms with Crippen LogP contribution < -0.4 is 9.13 Å². The van der Waals surface area contributed by atoms with Crippen LogP contribution in [-0.4, -0.2) is 18.3 Å². The second-order valence-corrected chi connectivity index (χ2v) is 11.6. The van der Waals surface area contributed by atoms with E-state index >= 15 is 0 Å². The number of imidazole rings is 2. The lowest BCUT2D eigenvalue weighted by molar-refractivity contribution is -0.670. The highest BCUT2D eigenvalue weighted by molar-refractivity contribution is 6.19. The number of benzene rings is 5. The molecule has 0 amide bonds. The van der Waals surface area contributed by atoms with Crippen molar-refractivity contribution in [2.45, 2.75) is 0 Å². The van der Waals surface area contributed by atoms with Crippen LogP contribution in [0.1, 0.15) is 0 Å². The molecule has 9 rings (SSSR count). The lowest BCUT2D eigenvalue weighted by Crippen LogP contribution is -2.23. The monoisotopic (exact) mass is 570 g/mol. The van der Waals surface area contributed by atoms with Gasteiger partial charge >= 0.3 is 0 Å². The molecule has 4 heterocycles. The fraction of sp³-hybridized carbons (Fsp3) is 0.0526. The van der Waals surface area contributed by atoms with Gasteiger partial charge < -0.3 is 9.13 Å². The quantitative estimate of drug-likeness (QED) is 0.202. The lowest BCUT2D eigenvalue weighted by atomic mass is 10.1. The Hall–Kier alpha value is -5.88. The van der Waals surface area contributed by atoms with Gasteiger partial charge in [0.05, 0.1) is 36.2 Å². The largest absolute Gasteiger partial charge is 0.309 e. The van der Waals surface area contributed by atoms with Crippen molar-refractivity contribution in [3.8, 4) is 22.7 Å². The molecule has 0 spiro atoms. The maximum atomic E-state index is 2.40. The summed E-state index contributed by atoms with van der Waals surface area (Å²) in [5.74, 6) is 0. The number of hydrogen-bond acceptors (Lipinski definition) is 0. The van der Waals surface area contributed by atoms with Gasteiger partial charge in [0.25, 0.3) is 0 Å². The first kappa shape index (κ1) is 24.7. The van der Waals surface area contributed by atoms with Crippen molar-refractivity contribution in [3.63, 3.8) is 0 Å². The van der Waals surface area contributed by atoms with Crippen molar-refractivity contribution in [3.05, 3.63) is 147 Å². The fourth-order valence-electron chi connectivity index (χ4n) is 6.74. The van der Waals surface area contributed by atoms with Crippen molar-refractivity contribution >= 4 is 43.6 Å². The molecule has 0 atom stereocenters. The zero-order chi connectivity index (χ0) is 29.4. The molecule has 4 aromatic heterocycles. The van der Waals surface area contributed by atoms with E-state index in [4.69, 9.17) is 0 Å². The number of aryl methyl sites for hydroxylation is 2. The smallest absolute Gasteiger partial charge is 0.248 e. The molecule has 0 aliphatic heterocycles. The third kappa shape index (κ3) is 3.67. The number of aromatic nitrogens is 6. The third-order valence-corrected chi connectivity index (χ3v) is 8.82. The molecule has 0 unspecified atom stereocenters. The van der Waals surface area contributed by atoms with E-state index in [1.54, 1.807) is 0 Å². The molecule has 0 fully saturated rings. The number of para-hydroxylation sites is 2. The van der Waals surface area contributed by atoms with Gasteiger partial charge in [-0.2, -0.15) is 0 Å². The standard InChI is InChI=1S/C38H30N6/c1-39-19-21-41(25-39)27-11-15-29(16-12-27)43-35-9-5-3-7-31(35)33-24-38-34(23-37(33)43)32-8-4-6-10-36(32)44(38)30-17-13-28(14-18-30)42-22-20-40(2)26-42/h3-26H,1-2H3/q+2. The van der Waals surface area contributed by atoms with Crippen LogP contribution in [0.15, 0.2) is 147 Å². The van der Waals surface area contributed by atoms with E-state index in [-0.39, 0.29) is 0 Å². The van der Waals surface area contributed by atoms with Crippen LogP contribution in [0.2, 0.25) is 0 Å². The Bertz CT molecular complexity index is 2320. The van der Waals surface area contributed by atoms with Gasteiger partial charge in [0.2, 0.25) is 12.7 Å². The average molecular weight is 571 g/mol. The van der Waals surface area contributed by atoms with Gasteiger partial charge in [0, 0.05) is 32.9 Å². The number of fused-ring (bicyclic) bond motifs is 6. The Morgan fingerprint density at radius 2 is 0.795 bits per heavy atom. The highest BCUT2D eigenvalue weighted by Crippen LogP contribution is 2.39. The minimum absolute atomic E-state index is 1.14. The van der Waals surface area contributed by atoms with Crippen LogP contribution in [0.3, 0.4) is 0 Å². The normalized spacial score (nSPS) is 11.9. The molecule has 0 bridgehead atoms. The van der Waals surface area contributed by atoms with Gasteiger partial charge in [-0.3, -0.25) is 0 Å². The fourth-order valence-corrected chi connectivity index (χ4v) is 6.74. The molecular formula is C38H30N6+2. The van der Waals surface area contributed by atoms with Crippen LogP contribution in [0.5, 0.6) is 0 Å². The van der Waals surface area contributed by atoms with E-state index in [0.29, 0.717) is 0 Å². The summed E-state index contributed by atoms with van der Waals surface area (Å²) in [6.07, 6.45) is 12.4. The highest BCUT2D eigenvalue weighted by Gasteiger charge is 2.19. The average Bonchev–Trinajstić information content (AvgIpc) is 3.84. The molecule has 0 aliphatic carbocycles. The second-order valence-electron chi connectivity index (χ2n) is 11.6. The second kappa shape index (κ2) is 9.31. The summed E-state index contributed by atoms with van der Waals surface area (Å²) in [4.78, 5) is 0. The topological polar surface area (TPSA) is 27.5 Å². The molecule has 0 N–H and O–H groups in total. The molecule has 44 heavy (non-hydrogen) atoms. The van der Waals surface area contributed by atoms with Gasteiger partial charge in [-0.25, -0.2) is 18.3 Å². The van der Waals surface area contributed by atoms with Crippen LogP contribution >= 0.6 is 0 Å². The minimum Gasteiger partial charge on any atom is -0.309 e. The van der Waals surface area contributed by atoms with Gasteiger partial charge in [-0.15, -0.1) is 0 Å². The van der Waals surface area contributed by atoms with Crippen LogP contribution in [0, 0.1) is 0 Å². The molecule has 0 saturated carbocycles. The number of hydrogen-bond donors (Lipinski definition) is 0. The Morgan fingerprint density at radius 1 is 0.409 bits per heavy atom. The van der Waals surface area contributed by atoms with Crippen molar-refractivity contribution in [1.29, 1.82) is 0 Å². The molecule has 0 saturated heterocycles. The Kier molecular flexibility index (Phi) is 5.23. The summed E-state index contributed by atoms with van der Waals surface area (Å²) in [6.45, 7) is 0. The summed E-state index contributed by atoms with van der Waals surface area (Å²) in [5.41, 5.74) is 9.39. The zero-order valence-corrected chi connectivity index (χ0v) is 24.5. The molecule has 0 radical (unpaired) electrons. The Morgan fingerprint density at radius 3 is 1.18 bits per heavy atom. The van der Waals surface area contributed by atoms with Crippen LogP contribution in [0.25, 0.3) is 66.4 Å². The Balaban J connectivity index is 1.27. The molecule has 210 valence electrons. The van der Waals surface area contributed by atoms with Crippen LogP contribution in [-0.2, 0) is 14.1 Å². The summed E-state index contributed by atoms with van der Waals surface area (Å²) in [5, 5.41) is 4.99. The third-order valence-electron chi connectivity index (χ3n) is 8.82.